The van der Waals surface area contributed by atoms with Crippen LogP contribution in [0, 0.1) is 0 Å². The molecule has 1 atom stereocenters. The predicted octanol–water partition coefficient (Wildman–Crippen LogP) is 1.47. The van der Waals surface area contributed by atoms with Crippen LogP contribution in [-0.4, -0.2) is 34.3 Å². The highest BCUT2D eigenvalue weighted by atomic mass is 16.2. The highest BCUT2D eigenvalue weighted by molar-refractivity contribution is 5.88. The zero-order chi connectivity index (χ0) is 14.8. The smallest absolute Gasteiger partial charge is 0.242 e. The minimum absolute atomic E-state index is 0.0470. The molecule has 5 nitrogen and oxygen atoms in total. The van der Waals surface area contributed by atoms with Gasteiger partial charge in [-0.05, 0) is 24.6 Å². The van der Waals surface area contributed by atoms with Gasteiger partial charge in [0.2, 0.25) is 11.8 Å². The van der Waals surface area contributed by atoms with Crippen LogP contribution in [0.25, 0.3) is 10.9 Å². The summed E-state index contributed by atoms with van der Waals surface area (Å²) in [5.74, 6) is -0.118. The molecule has 0 saturated carbocycles. The zero-order valence-corrected chi connectivity index (χ0v) is 11.9. The number of amides is 2. The van der Waals surface area contributed by atoms with E-state index in [0.29, 0.717) is 13.0 Å². The Labute approximate surface area is 123 Å². The first kappa shape index (κ1) is 13.5. The lowest BCUT2D eigenvalue weighted by atomic mass is 10.1. The van der Waals surface area contributed by atoms with E-state index in [0.717, 1.165) is 16.5 Å². The van der Waals surface area contributed by atoms with Gasteiger partial charge in [-0.15, -0.1) is 0 Å². The first-order valence-corrected chi connectivity index (χ1v) is 7.04. The molecule has 21 heavy (non-hydrogen) atoms. The highest BCUT2D eigenvalue weighted by Gasteiger charge is 2.26. The van der Waals surface area contributed by atoms with Gasteiger partial charge in [0, 0.05) is 30.6 Å². The number of pyridine rings is 1. The molecule has 1 saturated heterocycles. The molecule has 1 aliphatic rings. The van der Waals surface area contributed by atoms with Crippen LogP contribution in [0.2, 0.25) is 0 Å². The summed E-state index contributed by atoms with van der Waals surface area (Å²) in [6.45, 7) is 2.48. The number of carbonyl (C=O) groups excluding carboxylic acids is 2. The second-order valence-corrected chi connectivity index (χ2v) is 5.34. The van der Waals surface area contributed by atoms with Crippen molar-refractivity contribution in [3.8, 4) is 0 Å². The quantitative estimate of drug-likeness (QED) is 0.908. The Hall–Kier alpha value is -2.43. The van der Waals surface area contributed by atoms with Crippen LogP contribution in [0.1, 0.15) is 18.9 Å². The fraction of sp³-hybridized carbons (Fsp3) is 0.312. The van der Waals surface area contributed by atoms with E-state index in [4.69, 9.17) is 0 Å². The average molecular weight is 283 g/mol. The van der Waals surface area contributed by atoms with Crippen molar-refractivity contribution in [1.29, 1.82) is 0 Å². The van der Waals surface area contributed by atoms with Crippen molar-refractivity contribution < 1.29 is 9.59 Å². The normalized spacial score (nSPS) is 19.5. The zero-order valence-electron chi connectivity index (χ0n) is 11.9. The number of para-hydroxylation sites is 1. The summed E-state index contributed by atoms with van der Waals surface area (Å²) < 4.78 is 0. The Kier molecular flexibility index (Phi) is 3.56. The van der Waals surface area contributed by atoms with Crippen LogP contribution >= 0.6 is 0 Å². The molecular formula is C16H17N3O2. The minimum Gasteiger partial charge on any atom is -0.347 e. The van der Waals surface area contributed by atoms with Gasteiger partial charge in [0.25, 0.3) is 0 Å². The molecule has 108 valence electrons. The first-order valence-electron chi connectivity index (χ1n) is 7.04. The fourth-order valence-corrected chi connectivity index (χ4v) is 2.69. The number of benzene rings is 1. The Morgan fingerprint density at radius 3 is 2.95 bits per heavy atom. The van der Waals surface area contributed by atoms with Gasteiger partial charge in [0.05, 0.1) is 12.1 Å². The molecule has 0 spiro atoms. The Morgan fingerprint density at radius 1 is 1.29 bits per heavy atom. The summed E-state index contributed by atoms with van der Waals surface area (Å²) in [5, 5.41) is 3.68. The number of nitrogens with one attached hydrogen (secondary N) is 1. The van der Waals surface area contributed by atoms with Gasteiger partial charge in [-0.2, -0.15) is 0 Å². The second-order valence-electron chi connectivity index (χ2n) is 5.34. The van der Waals surface area contributed by atoms with E-state index in [9.17, 15) is 9.59 Å². The third-order valence-corrected chi connectivity index (χ3v) is 3.85. The molecule has 2 aromatic rings. The maximum Gasteiger partial charge on any atom is 0.242 e. The Bertz CT molecular complexity index is 693. The van der Waals surface area contributed by atoms with Crippen LogP contribution in [0.5, 0.6) is 0 Å². The van der Waals surface area contributed by atoms with Gasteiger partial charge < -0.3 is 10.2 Å². The van der Waals surface area contributed by atoms with Crippen molar-refractivity contribution >= 4 is 22.7 Å². The third kappa shape index (κ3) is 2.72. The molecule has 2 heterocycles. The third-order valence-electron chi connectivity index (χ3n) is 3.85. The molecule has 1 unspecified atom stereocenters. The largest absolute Gasteiger partial charge is 0.347 e. The predicted molar refractivity (Wildman–Crippen MR) is 79.4 cm³/mol. The van der Waals surface area contributed by atoms with Gasteiger partial charge in [0.1, 0.15) is 0 Å². The van der Waals surface area contributed by atoms with Gasteiger partial charge >= 0.3 is 0 Å². The van der Waals surface area contributed by atoms with Crippen LogP contribution in [0.4, 0.5) is 0 Å². The van der Waals surface area contributed by atoms with Crippen LogP contribution in [0.15, 0.2) is 36.5 Å². The van der Waals surface area contributed by atoms with E-state index >= 15 is 0 Å². The summed E-state index contributed by atoms with van der Waals surface area (Å²) >= 11 is 0. The monoisotopic (exact) mass is 283 g/mol. The number of fused-ring (bicyclic) bond motifs is 1. The summed E-state index contributed by atoms with van der Waals surface area (Å²) in [5.41, 5.74) is 1.97. The maximum atomic E-state index is 12.2. The molecule has 0 aliphatic carbocycles. The maximum absolute atomic E-state index is 12.2. The van der Waals surface area contributed by atoms with Crippen molar-refractivity contribution in [2.24, 2.45) is 0 Å². The summed E-state index contributed by atoms with van der Waals surface area (Å²) in [7, 11) is 0. The molecular weight excluding hydrogens is 266 g/mol. The van der Waals surface area contributed by atoms with E-state index in [1.165, 1.54) is 0 Å². The number of hydrogen-bond acceptors (Lipinski definition) is 3. The SMILES string of the molecule is CC1CC(=O)NCC(=O)N1Cc1ccnc2ccccc12. The standard InChI is InChI=1S/C16H17N3O2/c1-11-8-15(20)18-9-16(21)19(11)10-12-6-7-17-14-5-3-2-4-13(12)14/h2-7,11H,8-10H2,1H3,(H,18,20). The van der Waals surface area contributed by atoms with Gasteiger partial charge in [-0.1, -0.05) is 18.2 Å². The lowest BCUT2D eigenvalue weighted by Crippen LogP contribution is -2.39. The van der Waals surface area contributed by atoms with Gasteiger partial charge in [-0.3, -0.25) is 14.6 Å². The second kappa shape index (κ2) is 5.52. The molecule has 1 aromatic heterocycles. The van der Waals surface area contributed by atoms with E-state index in [1.807, 2.05) is 37.3 Å². The number of rotatable bonds is 2. The lowest BCUT2D eigenvalue weighted by molar-refractivity contribution is -0.132. The number of nitrogens with zero attached hydrogens (tertiary/aromatic N) is 2. The number of carbonyl (C=O) groups is 2. The fourth-order valence-electron chi connectivity index (χ4n) is 2.69. The molecule has 3 rings (SSSR count). The topological polar surface area (TPSA) is 62.3 Å². The first-order chi connectivity index (χ1) is 10.1. The van der Waals surface area contributed by atoms with Crippen molar-refractivity contribution in [1.82, 2.24) is 15.2 Å². The van der Waals surface area contributed by atoms with Crippen LogP contribution < -0.4 is 5.32 Å². The van der Waals surface area contributed by atoms with E-state index in [1.54, 1.807) is 11.1 Å². The number of aromatic nitrogens is 1. The highest BCUT2D eigenvalue weighted by Crippen LogP contribution is 2.20. The van der Waals surface area contributed by atoms with Crippen LogP contribution in [0.3, 0.4) is 0 Å². The average Bonchev–Trinajstić information content (AvgIpc) is 2.60. The summed E-state index contributed by atoms with van der Waals surface area (Å²) in [4.78, 5) is 29.9. The molecule has 0 radical (unpaired) electrons. The molecule has 5 heteroatoms. The Morgan fingerprint density at radius 2 is 2.10 bits per heavy atom. The minimum atomic E-state index is -0.105. The molecule has 1 fully saturated rings. The van der Waals surface area contributed by atoms with E-state index in [2.05, 4.69) is 10.3 Å². The van der Waals surface area contributed by atoms with Crippen molar-refractivity contribution in [3.05, 3.63) is 42.1 Å². The van der Waals surface area contributed by atoms with Gasteiger partial charge in [-0.25, -0.2) is 0 Å². The number of hydrogen-bond donors (Lipinski definition) is 1. The van der Waals surface area contributed by atoms with Crippen LogP contribution in [-0.2, 0) is 16.1 Å². The lowest BCUT2D eigenvalue weighted by Gasteiger charge is -2.26. The Balaban J connectivity index is 1.93. The van der Waals surface area contributed by atoms with Gasteiger partial charge in [0.15, 0.2) is 0 Å². The molecule has 1 N–H and O–H groups in total. The summed E-state index contributed by atoms with van der Waals surface area (Å²) in [6.07, 6.45) is 2.10. The van der Waals surface area contributed by atoms with Crippen molar-refractivity contribution in [2.75, 3.05) is 6.54 Å². The molecule has 1 aliphatic heterocycles. The molecule has 1 aromatic carbocycles. The molecule has 0 bridgehead atoms. The van der Waals surface area contributed by atoms with E-state index < -0.39 is 0 Å². The van der Waals surface area contributed by atoms with E-state index in [-0.39, 0.29) is 24.4 Å². The summed E-state index contributed by atoms with van der Waals surface area (Å²) in [6, 6.07) is 9.70. The van der Waals surface area contributed by atoms with Crippen molar-refractivity contribution in [2.45, 2.75) is 25.9 Å². The molecule has 2 amide bonds. The van der Waals surface area contributed by atoms with Crippen molar-refractivity contribution in [3.63, 3.8) is 0 Å².